The van der Waals surface area contributed by atoms with Gasteiger partial charge >= 0.3 is 5.97 Å². The van der Waals surface area contributed by atoms with E-state index >= 15 is 0 Å². The smallest absolute Gasteiger partial charge is 0.308 e. The van der Waals surface area contributed by atoms with Crippen molar-refractivity contribution in [1.82, 2.24) is 5.32 Å². The molecule has 6 nitrogen and oxygen atoms in total. The van der Waals surface area contributed by atoms with Gasteiger partial charge in [-0.25, -0.2) is 8.42 Å². The molecule has 0 aromatic rings. The first kappa shape index (κ1) is 12.9. The number of carbonyl (C=O) groups is 2. The minimum Gasteiger partial charge on any atom is -0.481 e. The quantitative estimate of drug-likeness (QED) is 0.614. The van der Waals surface area contributed by atoms with Crippen molar-refractivity contribution in [2.24, 2.45) is 5.92 Å². The van der Waals surface area contributed by atoms with Crippen molar-refractivity contribution >= 4 is 21.7 Å². The fraction of sp³-hybridized carbons (Fsp3) is 0.714. The second-order valence-electron chi connectivity index (χ2n) is 3.11. The summed E-state index contributed by atoms with van der Waals surface area (Å²) < 4.78 is 21.3. The molecule has 0 aliphatic carbocycles. The van der Waals surface area contributed by atoms with Gasteiger partial charge in [0.15, 0.2) is 9.84 Å². The van der Waals surface area contributed by atoms with Crippen molar-refractivity contribution in [2.75, 3.05) is 18.6 Å². The fourth-order valence-electron chi connectivity index (χ4n) is 0.643. The maximum absolute atomic E-state index is 10.9. The fourth-order valence-corrected chi connectivity index (χ4v) is 1.22. The second-order valence-corrected chi connectivity index (χ2v) is 5.25. The lowest BCUT2D eigenvalue weighted by Crippen LogP contribution is -2.35. The molecule has 0 bridgehead atoms. The molecule has 0 heterocycles. The predicted octanol–water partition coefficient (Wildman–Crippen LogP) is -1.13. The number of rotatable bonds is 5. The van der Waals surface area contributed by atoms with Crippen LogP contribution in [0, 0.1) is 5.92 Å². The normalized spacial score (nSPS) is 13.3. The van der Waals surface area contributed by atoms with Gasteiger partial charge in [-0.1, -0.05) is 6.92 Å². The zero-order valence-electron chi connectivity index (χ0n) is 7.98. The minimum absolute atomic E-state index is 0.0658. The van der Waals surface area contributed by atoms with Crippen molar-refractivity contribution in [2.45, 2.75) is 6.92 Å². The van der Waals surface area contributed by atoms with Gasteiger partial charge in [0, 0.05) is 12.8 Å². The van der Waals surface area contributed by atoms with Crippen LogP contribution in [-0.4, -0.2) is 44.0 Å². The lowest BCUT2D eigenvalue weighted by molar-refractivity contribution is -0.141. The maximum Gasteiger partial charge on any atom is 0.308 e. The van der Waals surface area contributed by atoms with Crippen LogP contribution < -0.4 is 5.32 Å². The van der Waals surface area contributed by atoms with Gasteiger partial charge in [0.1, 0.15) is 5.75 Å². The Kier molecular flexibility index (Phi) is 4.55. The van der Waals surface area contributed by atoms with Crippen molar-refractivity contribution in [1.29, 1.82) is 0 Å². The summed E-state index contributed by atoms with van der Waals surface area (Å²) >= 11 is 0. The van der Waals surface area contributed by atoms with Gasteiger partial charge in [-0.15, -0.1) is 0 Å². The Bertz CT molecular complexity index is 321. The predicted molar refractivity (Wildman–Crippen MR) is 49.5 cm³/mol. The summed E-state index contributed by atoms with van der Waals surface area (Å²) in [6.45, 7) is 1.35. The van der Waals surface area contributed by atoms with Gasteiger partial charge in [-0.05, 0) is 0 Å². The molecular formula is C7H13NO5S. The van der Waals surface area contributed by atoms with E-state index in [9.17, 15) is 18.0 Å². The number of carboxylic acid groups (broad SMARTS) is 1. The summed E-state index contributed by atoms with van der Waals surface area (Å²) in [5, 5.41) is 10.7. The van der Waals surface area contributed by atoms with Crippen molar-refractivity contribution in [3.8, 4) is 0 Å². The Hall–Kier alpha value is -1.11. The first-order valence-corrected chi connectivity index (χ1v) is 5.95. The van der Waals surface area contributed by atoms with Crippen LogP contribution in [0.25, 0.3) is 0 Å². The van der Waals surface area contributed by atoms with Gasteiger partial charge < -0.3 is 10.4 Å². The number of hydrogen-bond donors (Lipinski definition) is 2. The SMILES string of the molecule is CC(CNC(=O)CS(C)(=O)=O)C(=O)O. The maximum atomic E-state index is 10.9. The molecule has 0 aromatic heterocycles. The number of hydrogen-bond acceptors (Lipinski definition) is 4. The zero-order chi connectivity index (χ0) is 11.4. The highest BCUT2D eigenvalue weighted by molar-refractivity contribution is 7.91. The van der Waals surface area contributed by atoms with Gasteiger partial charge in [-0.2, -0.15) is 0 Å². The number of aliphatic carboxylic acids is 1. The minimum atomic E-state index is -3.35. The molecule has 0 fully saturated rings. The Balaban J connectivity index is 3.93. The summed E-state index contributed by atoms with van der Waals surface area (Å²) in [6.07, 6.45) is 0.938. The highest BCUT2D eigenvalue weighted by atomic mass is 32.2. The van der Waals surface area contributed by atoms with Crippen LogP contribution in [0.3, 0.4) is 0 Å². The molecule has 0 aliphatic rings. The average molecular weight is 223 g/mol. The third kappa shape index (κ3) is 6.41. The molecule has 2 N–H and O–H groups in total. The number of amides is 1. The first-order chi connectivity index (χ1) is 6.22. The van der Waals surface area contributed by atoms with Crippen LogP contribution in [-0.2, 0) is 19.4 Å². The highest BCUT2D eigenvalue weighted by Gasteiger charge is 2.14. The number of nitrogens with one attached hydrogen (secondary N) is 1. The van der Waals surface area contributed by atoms with Crippen LogP contribution in [0.2, 0.25) is 0 Å². The lowest BCUT2D eigenvalue weighted by atomic mass is 10.2. The van der Waals surface area contributed by atoms with Gasteiger partial charge in [0.05, 0.1) is 5.92 Å². The third-order valence-corrected chi connectivity index (χ3v) is 2.21. The molecule has 1 atom stereocenters. The summed E-state index contributed by atoms with van der Waals surface area (Å²) in [5.41, 5.74) is 0. The van der Waals surface area contributed by atoms with Crippen molar-refractivity contribution < 1.29 is 23.1 Å². The topological polar surface area (TPSA) is 101 Å². The van der Waals surface area contributed by atoms with Gasteiger partial charge in [0.2, 0.25) is 5.91 Å². The monoisotopic (exact) mass is 223 g/mol. The molecule has 82 valence electrons. The molecule has 1 amide bonds. The van der Waals surface area contributed by atoms with E-state index in [1.54, 1.807) is 0 Å². The molecule has 0 saturated carbocycles. The van der Waals surface area contributed by atoms with Crippen LogP contribution in [0.4, 0.5) is 0 Å². The lowest BCUT2D eigenvalue weighted by Gasteiger charge is -2.07. The Labute approximate surface area is 82.2 Å². The molecular weight excluding hydrogens is 210 g/mol. The molecule has 0 saturated heterocycles. The molecule has 0 spiro atoms. The molecule has 0 radical (unpaired) electrons. The first-order valence-electron chi connectivity index (χ1n) is 3.89. The Morgan fingerprint density at radius 1 is 1.43 bits per heavy atom. The molecule has 0 aromatic carbocycles. The number of carbonyl (C=O) groups excluding carboxylic acids is 1. The summed E-state index contributed by atoms with van der Waals surface area (Å²) in [7, 11) is -3.35. The van der Waals surface area contributed by atoms with Gasteiger partial charge in [0.25, 0.3) is 0 Å². The van der Waals surface area contributed by atoms with Crippen LogP contribution in [0.5, 0.6) is 0 Å². The van der Waals surface area contributed by atoms with E-state index in [1.165, 1.54) is 6.92 Å². The van der Waals surface area contributed by atoms with E-state index < -0.39 is 33.4 Å². The summed E-state index contributed by atoms with van der Waals surface area (Å²) in [4.78, 5) is 21.2. The summed E-state index contributed by atoms with van der Waals surface area (Å²) in [5.74, 6) is -3.05. The molecule has 14 heavy (non-hydrogen) atoms. The van der Waals surface area contributed by atoms with Crippen molar-refractivity contribution in [3.63, 3.8) is 0 Å². The van der Waals surface area contributed by atoms with Crippen LogP contribution in [0.1, 0.15) is 6.92 Å². The van der Waals surface area contributed by atoms with E-state index in [-0.39, 0.29) is 6.54 Å². The molecule has 0 aliphatic heterocycles. The standard InChI is InChI=1S/C7H13NO5S/c1-5(7(10)11)3-8-6(9)4-14(2,12)13/h5H,3-4H2,1-2H3,(H,8,9)(H,10,11). The summed E-state index contributed by atoms with van der Waals surface area (Å²) in [6, 6.07) is 0. The van der Waals surface area contributed by atoms with E-state index in [0.717, 1.165) is 6.26 Å². The Morgan fingerprint density at radius 2 is 1.93 bits per heavy atom. The third-order valence-electron chi connectivity index (χ3n) is 1.42. The largest absolute Gasteiger partial charge is 0.481 e. The van der Waals surface area contributed by atoms with E-state index in [4.69, 9.17) is 5.11 Å². The number of sulfone groups is 1. The van der Waals surface area contributed by atoms with Crippen LogP contribution in [0.15, 0.2) is 0 Å². The van der Waals surface area contributed by atoms with Crippen LogP contribution >= 0.6 is 0 Å². The highest BCUT2D eigenvalue weighted by Crippen LogP contribution is 1.91. The van der Waals surface area contributed by atoms with E-state index in [2.05, 4.69) is 5.32 Å². The number of carboxylic acids is 1. The van der Waals surface area contributed by atoms with Crippen molar-refractivity contribution in [3.05, 3.63) is 0 Å². The van der Waals surface area contributed by atoms with Gasteiger partial charge in [-0.3, -0.25) is 9.59 Å². The zero-order valence-corrected chi connectivity index (χ0v) is 8.80. The van der Waals surface area contributed by atoms with E-state index in [1.807, 2.05) is 0 Å². The Morgan fingerprint density at radius 3 is 2.29 bits per heavy atom. The van der Waals surface area contributed by atoms with E-state index in [0.29, 0.717) is 0 Å². The molecule has 1 unspecified atom stereocenters. The second kappa shape index (κ2) is 4.94. The molecule has 7 heteroatoms. The molecule has 0 rings (SSSR count). The average Bonchev–Trinajstić information content (AvgIpc) is 1.96.